The Hall–Kier alpha value is -4.26. The lowest BCUT2D eigenvalue weighted by molar-refractivity contribution is -0.232. The first-order valence-electron chi connectivity index (χ1n) is 13.4. The number of methoxy groups -OCH3 is 1. The van der Waals surface area contributed by atoms with Crippen LogP contribution < -0.4 is 4.74 Å². The third kappa shape index (κ3) is 4.42. The molecule has 4 aromatic rings. The molecular weight excluding hydrogens is 556 g/mol. The average molecular weight is 585 g/mol. The molecule has 0 unspecified atom stereocenters. The SMILES string of the molecule is COc1cc2c(cc1-c1nnn(C)n1)-c1c(-c3ccc(F)cc3)cc(C(=O)N3CCC[C@@]3(C)[C@@H](O)C(F)(F)F)n1CC2. The van der Waals surface area contributed by atoms with Crippen LogP contribution in [0, 0.1) is 5.82 Å². The van der Waals surface area contributed by atoms with E-state index in [4.69, 9.17) is 4.74 Å². The second-order valence-corrected chi connectivity index (χ2v) is 10.9. The lowest BCUT2D eigenvalue weighted by atomic mass is 9.90. The van der Waals surface area contributed by atoms with E-state index in [-0.39, 0.29) is 18.7 Å². The Morgan fingerprint density at radius 2 is 1.83 bits per heavy atom. The van der Waals surface area contributed by atoms with Crippen LogP contribution in [0.15, 0.2) is 42.5 Å². The second kappa shape index (κ2) is 9.93. The maximum absolute atomic E-state index is 14.1. The topological polar surface area (TPSA) is 98.3 Å². The summed E-state index contributed by atoms with van der Waals surface area (Å²) in [5.41, 5.74) is 2.50. The third-order valence-electron chi connectivity index (χ3n) is 8.33. The zero-order valence-corrected chi connectivity index (χ0v) is 23.1. The van der Waals surface area contributed by atoms with Gasteiger partial charge in [0.25, 0.3) is 5.91 Å². The average Bonchev–Trinajstić information content (AvgIpc) is 3.68. The molecule has 1 fully saturated rings. The number of hydrogen-bond acceptors (Lipinski definition) is 6. The number of aliphatic hydroxyl groups is 1. The highest BCUT2D eigenvalue weighted by atomic mass is 19.4. The van der Waals surface area contributed by atoms with Crippen molar-refractivity contribution in [3.63, 3.8) is 0 Å². The lowest BCUT2D eigenvalue weighted by Crippen LogP contribution is -2.58. The highest BCUT2D eigenvalue weighted by Crippen LogP contribution is 2.46. The van der Waals surface area contributed by atoms with Gasteiger partial charge in [0, 0.05) is 24.2 Å². The predicted octanol–water partition coefficient (Wildman–Crippen LogP) is 4.63. The van der Waals surface area contributed by atoms with E-state index in [1.807, 2.05) is 12.1 Å². The van der Waals surface area contributed by atoms with Crippen LogP contribution in [0.5, 0.6) is 5.75 Å². The summed E-state index contributed by atoms with van der Waals surface area (Å²) in [6.07, 6.45) is -6.75. The van der Waals surface area contributed by atoms with E-state index in [0.717, 1.165) is 16.0 Å². The molecule has 0 radical (unpaired) electrons. The number of alkyl halides is 3. The molecule has 2 aromatic heterocycles. The zero-order valence-electron chi connectivity index (χ0n) is 23.1. The van der Waals surface area contributed by atoms with Gasteiger partial charge in [-0.3, -0.25) is 4.79 Å². The number of carbonyl (C=O) groups excluding carboxylic acids is 1. The molecule has 1 amide bonds. The third-order valence-corrected chi connectivity index (χ3v) is 8.33. The molecule has 42 heavy (non-hydrogen) atoms. The second-order valence-electron chi connectivity index (χ2n) is 10.9. The van der Waals surface area contributed by atoms with E-state index in [1.54, 1.807) is 29.8 Å². The number of hydrogen-bond donors (Lipinski definition) is 1. The lowest BCUT2D eigenvalue weighted by Gasteiger charge is -2.40. The number of carbonyl (C=O) groups is 1. The minimum atomic E-state index is -4.89. The van der Waals surface area contributed by atoms with Gasteiger partial charge in [-0.15, -0.1) is 10.2 Å². The number of ether oxygens (including phenoxy) is 1. The van der Waals surface area contributed by atoms with Crippen molar-refractivity contribution in [2.45, 2.75) is 50.6 Å². The van der Waals surface area contributed by atoms with Gasteiger partial charge in [-0.05, 0) is 72.9 Å². The van der Waals surface area contributed by atoms with Crippen molar-refractivity contribution in [2.75, 3.05) is 13.7 Å². The van der Waals surface area contributed by atoms with E-state index in [0.29, 0.717) is 53.3 Å². The van der Waals surface area contributed by atoms with E-state index < -0.39 is 29.5 Å². The Bertz CT molecular complexity index is 1680. The molecule has 2 aliphatic heterocycles. The molecule has 2 atom stereocenters. The first-order valence-corrected chi connectivity index (χ1v) is 13.4. The van der Waals surface area contributed by atoms with E-state index in [1.165, 1.54) is 31.0 Å². The zero-order chi connectivity index (χ0) is 30.0. The number of benzene rings is 2. The number of nitrogens with zero attached hydrogens (tertiary/aromatic N) is 6. The summed E-state index contributed by atoms with van der Waals surface area (Å²) in [5, 5.41) is 22.6. The van der Waals surface area contributed by atoms with Crippen molar-refractivity contribution >= 4 is 5.91 Å². The Kier molecular flexibility index (Phi) is 6.59. The monoisotopic (exact) mass is 584 g/mol. The normalized spacial score (nSPS) is 19.0. The van der Waals surface area contributed by atoms with Gasteiger partial charge in [0.05, 0.1) is 31.0 Å². The molecule has 9 nitrogen and oxygen atoms in total. The van der Waals surface area contributed by atoms with Gasteiger partial charge in [-0.25, -0.2) is 4.39 Å². The fraction of sp³-hybridized carbons (Fsp3) is 0.379. The molecule has 0 aliphatic carbocycles. The van der Waals surface area contributed by atoms with Crippen molar-refractivity contribution in [1.29, 1.82) is 0 Å². The summed E-state index contributed by atoms with van der Waals surface area (Å²) in [5.74, 6) is -0.177. The molecule has 2 aliphatic rings. The fourth-order valence-electron chi connectivity index (χ4n) is 6.21. The number of aromatic nitrogens is 5. The predicted molar refractivity (Wildman–Crippen MR) is 144 cm³/mol. The van der Waals surface area contributed by atoms with Gasteiger partial charge in [0.2, 0.25) is 5.82 Å². The van der Waals surface area contributed by atoms with Gasteiger partial charge in [-0.1, -0.05) is 12.1 Å². The standard InChI is InChI=1S/C29H28F4N6O3/c1-28(27(41)29(31,32)33)10-4-11-39(28)26(40)22-15-20(16-5-7-18(30)8-6-16)24-19-14-21(25-34-36-37(2)35-25)23(42-3)13-17(19)9-12-38(22)24/h5-8,13-15,27,41H,4,9-12H2,1-3H3/t27-,28+/m1/s1. The van der Waals surface area contributed by atoms with Crippen LogP contribution in [0.4, 0.5) is 17.6 Å². The Balaban J connectivity index is 1.54. The van der Waals surface area contributed by atoms with Gasteiger partial charge < -0.3 is 19.3 Å². The smallest absolute Gasteiger partial charge is 0.416 e. The van der Waals surface area contributed by atoms with Crippen LogP contribution in [-0.2, 0) is 20.0 Å². The molecule has 0 saturated carbocycles. The number of fused-ring (bicyclic) bond motifs is 3. The summed E-state index contributed by atoms with van der Waals surface area (Å²) in [7, 11) is 3.18. The highest BCUT2D eigenvalue weighted by molar-refractivity contribution is 5.99. The Morgan fingerprint density at radius 1 is 1.10 bits per heavy atom. The summed E-state index contributed by atoms with van der Waals surface area (Å²) in [4.78, 5) is 16.5. The van der Waals surface area contributed by atoms with Crippen molar-refractivity contribution in [3.05, 3.63) is 59.5 Å². The van der Waals surface area contributed by atoms with E-state index >= 15 is 0 Å². The van der Waals surface area contributed by atoms with Crippen LogP contribution in [0.25, 0.3) is 33.8 Å². The highest BCUT2D eigenvalue weighted by Gasteiger charge is 2.56. The molecule has 0 spiro atoms. The maximum atomic E-state index is 14.1. The van der Waals surface area contributed by atoms with Crippen molar-refractivity contribution in [2.24, 2.45) is 7.05 Å². The molecule has 4 heterocycles. The number of halogens is 4. The summed E-state index contributed by atoms with van der Waals surface area (Å²) < 4.78 is 62.3. The molecule has 0 bridgehead atoms. The minimum Gasteiger partial charge on any atom is -0.496 e. The van der Waals surface area contributed by atoms with Crippen molar-refractivity contribution < 1.29 is 32.2 Å². The van der Waals surface area contributed by atoms with Crippen LogP contribution in [-0.4, -0.2) is 72.2 Å². The van der Waals surface area contributed by atoms with Crippen LogP contribution in [0.2, 0.25) is 0 Å². The molecular formula is C29H28F4N6O3. The number of amides is 1. The molecule has 1 saturated heterocycles. The van der Waals surface area contributed by atoms with Crippen LogP contribution in [0.1, 0.15) is 35.8 Å². The summed E-state index contributed by atoms with van der Waals surface area (Å²) in [6.45, 7) is 1.72. The number of aliphatic hydroxyl groups excluding tert-OH is 1. The quantitative estimate of drug-likeness (QED) is 0.344. The molecule has 6 rings (SSSR count). The Labute approximate surface area is 238 Å². The van der Waals surface area contributed by atoms with Gasteiger partial charge in [0.1, 0.15) is 17.3 Å². The number of aryl methyl sites for hydroxylation is 2. The van der Waals surface area contributed by atoms with E-state index in [2.05, 4.69) is 15.4 Å². The van der Waals surface area contributed by atoms with Crippen LogP contribution >= 0.6 is 0 Å². The largest absolute Gasteiger partial charge is 0.496 e. The first kappa shape index (κ1) is 27.9. The Morgan fingerprint density at radius 3 is 2.48 bits per heavy atom. The number of rotatable bonds is 5. The minimum absolute atomic E-state index is 0.00883. The maximum Gasteiger partial charge on any atom is 0.416 e. The first-order chi connectivity index (χ1) is 19.9. The number of likely N-dealkylation sites (tertiary alicyclic amines) is 1. The van der Waals surface area contributed by atoms with Crippen molar-refractivity contribution in [1.82, 2.24) is 29.7 Å². The number of tetrazole rings is 1. The molecule has 220 valence electrons. The molecule has 13 heteroatoms. The fourth-order valence-corrected chi connectivity index (χ4v) is 6.21. The summed E-state index contributed by atoms with van der Waals surface area (Å²) in [6, 6.07) is 11.2. The van der Waals surface area contributed by atoms with Gasteiger partial charge >= 0.3 is 6.18 Å². The van der Waals surface area contributed by atoms with E-state index in [9.17, 15) is 27.5 Å². The van der Waals surface area contributed by atoms with Crippen LogP contribution in [0.3, 0.4) is 0 Å². The molecule has 1 N–H and O–H groups in total. The van der Waals surface area contributed by atoms with Gasteiger partial charge in [-0.2, -0.15) is 18.0 Å². The summed E-state index contributed by atoms with van der Waals surface area (Å²) >= 11 is 0. The molecule has 2 aromatic carbocycles. The van der Waals surface area contributed by atoms with Crippen molar-refractivity contribution in [3.8, 4) is 39.5 Å². The van der Waals surface area contributed by atoms with Gasteiger partial charge in [0.15, 0.2) is 6.10 Å².